The molecule has 0 fully saturated rings. The van der Waals surface area contributed by atoms with Crippen molar-refractivity contribution in [3.8, 4) is 11.5 Å². The Morgan fingerprint density at radius 2 is 2.19 bits per heavy atom. The maximum Gasteiger partial charge on any atom is 0.328 e. The molecule has 0 aliphatic heterocycles. The number of aromatic nitrogens is 1. The summed E-state index contributed by atoms with van der Waals surface area (Å²) in [6.45, 7) is 0.357. The van der Waals surface area contributed by atoms with Crippen molar-refractivity contribution in [2.45, 2.75) is 6.61 Å². The lowest BCUT2D eigenvalue weighted by Gasteiger charge is -2.11. The number of hydrogen-bond acceptors (Lipinski definition) is 4. The van der Waals surface area contributed by atoms with Gasteiger partial charge >= 0.3 is 5.97 Å². The number of ether oxygens (including phenoxy) is 2. The number of aliphatic carboxylic acids is 1. The second-order valence-corrected chi connectivity index (χ2v) is 4.23. The number of carboxylic acids is 1. The molecular weight excluding hydrogens is 270 g/mol. The smallest absolute Gasteiger partial charge is 0.328 e. The zero-order chi connectivity index (χ0) is 15.1. The first-order chi connectivity index (χ1) is 10.2. The highest BCUT2D eigenvalue weighted by Crippen LogP contribution is 2.29. The van der Waals surface area contributed by atoms with E-state index in [-0.39, 0.29) is 0 Å². The largest absolute Gasteiger partial charge is 0.493 e. The fourth-order valence-electron chi connectivity index (χ4n) is 1.72. The molecule has 0 aliphatic carbocycles. The predicted octanol–water partition coefficient (Wildman–Crippen LogP) is 2.77. The van der Waals surface area contributed by atoms with Gasteiger partial charge in [0.15, 0.2) is 11.5 Å². The van der Waals surface area contributed by atoms with Crippen LogP contribution >= 0.6 is 0 Å². The number of carbonyl (C=O) groups is 1. The number of benzene rings is 1. The average molecular weight is 285 g/mol. The highest BCUT2D eigenvalue weighted by Gasteiger charge is 2.05. The Bertz CT molecular complexity index is 638. The summed E-state index contributed by atoms with van der Waals surface area (Å²) in [6.07, 6.45) is 5.99. The van der Waals surface area contributed by atoms with E-state index in [9.17, 15) is 4.79 Å². The van der Waals surface area contributed by atoms with Gasteiger partial charge in [0.1, 0.15) is 6.61 Å². The van der Waals surface area contributed by atoms with Crippen LogP contribution in [0.25, 0.3) is 6.08 Å². The van der Waals surface area contributed by atoms with E-state index in [1.165, 1.54) is 6.08 Å². The Morgan fingerprint density at radius 1 is 1.33 bits per heavy atom. The Hall–Kier alpha value is -2.82. The SMILES string of the molecule is COc1ccc(C=CC(=O)O)cc1OCc1cccnc1. The number of hydrogen-bond donors (Lipinski definition) is 1. The molecule has 21 heavy (non-hydrogen) atoms. The Kier molecular flexibility index (Phi) is 4.93. The molecule has 0 unspecified atom stereocenters. The zero-order valence-corrected chi connectivity index (χ0v) is 11.5. The highest BCUT2D eigenvalue weighted by molar-refractivity contribution is 5.85. The molecular formula is C16H15NO4. The van der Waals surface area contributed by atoms with E-state index in [1.54, 1.807) is 37.7 Å². The van der Waals surface area contributed by atoms with Gasteiger partial charge in [-0.1, -0.05) is 12.1 Å². The summed E-state index contributed by atoms with van der Waals surface area (Å²) in [5.74, 6) is 0.143. The molecule has 0 bridgehead atoms. The van der Waals surface area contributed by atoms with Gasteiger partial charge in [-0.25, -0.2) is 4.79 Å². The van der Waals surface area contributed by atoms with Gasteiger partial charge in [-0.3, -0.25) is 4.98 Å². The van der Waals surface area contributed by atoms with Crippen LogP contribution in [0, 0.1) is 0 Å². The quantitative estimate of drug-likeness (QED) is 0.826. The van der Waals surface area contributed by atoms with Crippen LogP contribution in [0.1, 0.15) is 11.1 Å². The monoisotopic (exact) mass is 285 g/mol. The number of carboxylic acid groups (broad SMARTS) is 1. The molecule has 0 spiro atoms. The standard InChI is InChI=1S/C16H15NO4/c1-20-14-6-4-12(5-7-16(18)19)9-15(14)21-11-13-3-2-8-17-10-13/h2-10H,11H2,1H3,(H,18,19). The van der Waals surface area contributed by atoms with Gasteiger partial charge in [0.2, 0.25) is 0 Å². The fourth-order valence-corrected chi connectivity index (χ4v) is 1.72. The molecule has 2 aromatic rings. The topological polar surface area (TPSA) is 68.7 Å². The average Bonchev–Trinajstić information content (AvgIpc) is 2.52. The molecule has 108 valence electrons. The first-order valence-corrected chi connectivity index (χ1v) is 6.30. The van der Waals surface area contributed by atoms with E-state index >= 15 is 0 Å². The third-order valence-electron chi connectivity index (χ3n) is 2.72. The van der Waals surface area contributed by atoms with Gasteiger partial charge < -0.3 is 14.6 Å². The van der Waals surface area contributed by atoms with Crippen LogP contribution in [0.3, 0.4) is 0 Å². The normalized spacial score (nSPS) is 10.5. The Balaban J connectivity index is 2.16. The molecule has 1 aromatic carbocycles. The van der Waals surface area contributed by atoms with E-state index in [1.807, 2.05) is 12.1 Å². The summed E-state index contributed by atoms with van der Waals surface area (Å²) >= 11 is 0. The predicted molar refractivity (Wildman–Crippen MR) is 78.2 cm³/mol. The minimum Gasteiger partial charge on any atom is -0.493 e. The summed E-state index contributed by atoms with van der Waals surface area (Å²) in [7, 11) is 1.55. The Labute approximate surface area is 122 Å². The van der Waals surface area contributed by atoms with Crippen LogP contribution in [-0.4, -0.2) is 23.2 Å². The highest BCUT2D eigenvalue weighted by atomic mass is 16.5. The van der Waals surface area contributed by atoms with Crippen LogP contribution in [-0.2, 0) is 11.4 Å². The van der Waals surface area contributed by atoms with E-state index in [0.29, 0.717) is 18.1 Å². The van der Waals surface area contributed by atoms with Crippen LogP contribution in [0.5, 0.6) is 11.5 Å². The van der Waals surface area contributed by atoms with Crippen LogP contribution < -0.4 is 9.47 Å². The van der Waals surface area contributed by atoms with Crippen molar-refractivity contribution in [1.29, 1.82) is 0 Å². The molecule has 2 rings (SSSR count). The number of nitrogens with zero attached hydrogens (tertiary/aromatic N) is 1. The fraction of sp³-hybridized carbons (Fsp3) is 0.125. The molecule has 0 saturated carbocycles. The van der Waals surface area contributed by atoms with Gasteiger partial charge in [0.05, 0.1) is 7.11 Å². The molecule has 0 atom stereocenters. The lowest BCUT2D eigenvalue weighted by atomic mass is 10.2. The molecule has 5 heteroatoms. The summed E-state index contributed by atoms with van der Waals surface area (Å²) in [5.41, 5.74) is 1.66. The van der Waals surface area contributed by atoms with Crippen LogP contribution in [0.4, 0.5) is 0 Å². The summed E-state index contributed by atoms with van der Waals surface area (Å²) < 4.78 is 10.9. The maximum atomic E-state index is 10.5. The van der Waals surface area contributed by atoms with Crippen molar-refractivity contribution in [3.63, 3.8) is 0 Å². The third kappa shape index (κ3) is 4.35. The van der Waals surface area contributed by atoms with Crippen LogP contribution in [0.2, 0.25) is 0 Å². The molecule has 0 aliphatic rings. The van der Waals surface area contributed by atoms with Crippen molar-refractivity contribution >= 4 is 12.0 Å². The Morgan fingerprint density at radius 3 is 2.86 bits per heavy atom. The van der Waals surface area contributed by atoms with E-state index in [4.69, 9.17) is 14.6 Å². The zero-order valence-electron chi connectivity index (χ0n) is 11.5. The van der Waals surface area contributed by atoms with Gasteiger partial charge in [-0.2, -0.15) is 0 Å². The molecule has 0 saturated heterocycles. The summed E-state index contributed by atoms with van der Waals surface area (Å²) in [5, 5.41) is 8.65. The number of methoxy groups -OCH3 is 1. The summed E-state index contributed by atoms with van der Waals surface area (Å²) in [6, 6.07) is 8.97. The van der Waals surface area contributed by atoms with E-state index in [0.717, 1.165) is 17.2 Å². The second-order valence-electron chi connectivity index (χ2n) is 4.23. The molecule has 5 nitrogen and oxygen atoms in total. The number of pyridine rings is 1. The molecule has 0 radical (unpaired) electrons. The maximum absolute atomic E-state index is 10.5. The molecule has 1 N–H and O–H groups in total. The van der Waals surface area contributed by atoms with Gasteiger partial charge in [0.25, 0.3) is 0 Å². The molecule has 1 aromatic heterocycles. The van der Waals surface area contributed by atoms with E-state index in [2.05, 4.69) is 4.98 Å². The van der Waals surface area contributed by atoms with Crippen molar-refractivity contribution < 1.29 is 19.4 Å². The first kappa shape index (κ1) is 14.6. The lowest BCUT2D eigenvalue weighted by Crippen LogP contribution is -1.98. The van der Waals surface area contributed by atoms with Gasteiger partial charge in [0, 0.05) is 24.0 Å². The lowest BCUT2D eigenvalue weighted by molar-refractivity contribution is -0.131. The molecule has 1 heterocycles. The summed E-state index contributed by atoms with van der Waals surface area (Å²) in [4.78, 5) is 14.6. The van der Waals surface area contributed by atoms with Crippen LogP contribution in [0.15, 0.2) is 48.8 Å². The minimum absolute atomic E-state index is 0.357. The second kappa shape index (κ2) is 7.09. The van der Waals surface area contributed by atoms with Gasteiger partial charge in [-0.15, -0.1) is 0 Å². The van der Waals surface area contributed by atoms with E-state index < -0.39 is 5.97 Å². The third-order valence-corrected chi connectivity index (χ3v) is 2.72. The van der Waals surface area contributed by atoms with Crippen molar-refractivity contribution in [1.82, 2.24) is 4.98 Å². The first-order valence-electron chi connectivity index (χ1n) is 6.30. The van der Waals surface area contributed by atoms with Crippen molar-refractivity contribution in [3.05, 3.63) is 59.9 Å². The van der Waals surface area contributed by atoms with Crippen molar-refractivity contribution in [2.75, 3.05) is 7.11 Å². The van der Waals surface area contributed by atoms with Crippen molar-refractivity contribution in [2.24, 2.45) is 0 Å². The molecule has 0 amide bonds. The minimum atomic E-state index is -0.997. The van der Waals surface area contributed by atoms with Gasteiger partial charge in [-0.05, 0) is 29.8 Å². The number of rotatable bonds is 6.